The Bertz CT molecular complexity index is 1200. The molecule has 0 saturated carbocycles. The summed E-state index contributed by atoms with van der Waals surface area (Å²) in [6.07, 6.45) is 0.464. The van der Waals surface area contributed by atoms with Gasteiger partial charge in [-0.3, -0.25) is 4.79 Å². The molecule has 1 atom stereocenters. The van der Waals surface area contributed by atoms with E-state index >= 15 is 0 Å². The summed E-state index contributed by atoms with van der Waals surface area (Å²) in [5.74, 6) is -0.840. The van der Waals surface area contributed by atoms with Crippen LogP contribution >= 0.6 is 11.6 Å². The fourth-order valence-electron chi connectivity index (χ4n) is 3.86. The van der Waals surface area contributed by atoms with Crippen LogP contribution in [-0.2, 0) is 10.3 Å². The zero-order valence-corrected chi connectivity index (χ0v) is 14.9. The van der Waals surface area contributed by atoms with Gasteiger partial charge >= 0.3 is 5.97 Å². The van der Waals surface area contributed by atoms with Crippen molar-refractivity contribution in [2.24, 2.45) is 0 Å². The zero-order valence-electron chi connectivity index (χ0n) is 14.1. The second-order valence-corrected chi connectivity index (χ2v) is 6.92. The first-order valence-corrected chi connectivity index (χ1v) is 8.70. The number of ether oxygens (including phenoxy) is 2. The summed E-state index contributed by atoms with van der Waals surface area (Å²) in [4.78, 5) is 24.3. The highest BCUT2D eigenvalue weighted by atomic mass is 35.5. The van der Waals surface area contributed by atoms with Gasteiger partial charge in [-0.1, -0.05) is 29.8 Å². The zero-order chi connectivity index (χ0) is 19.6. The highest BCUT2D eigenvalue weighted by molar-refractivity contribution is 6.32. The van der Waals surface area contributed by atoms with E-state index in [1.54, 1.807) is 24.3 Å². The molecule has 0 aromatic heterocycles. The Kier molecular flexibility index (Phi) is 3.27. The van der Waals surface area contributed by atoms with Crippen LogP contribution in [0.3, 0.4) is 0 Å². The first kappa shape index (κ1) is 16.6. The molecule has 1 unspecified atom stereocenters. The molecule has 0 radical (unpaired) electrons. The molecule has 0 bridgehead atoms. The van der Waals surface area contributed by atoms with E-state index in [1.165, 1.54) is 24.3 Å². The normalized spacial score (nSPS) is 18.7. The number of benzene rings is 3. The standard InChI is InChI=1S/C21H11ClO6/c22-15-7-14-18(8-17(15)25)27-19-11(9-23)16(24)6-5-13(19)21(14)12-4-2-1-3-10(12)20(26)28-21/h1-9,24-25H. The summed E-state index contributed by atoms with van der Waals surface area (Å²) >= 11 is 6.14. The third-order valence-electron chi connectivity index (χ3n) is 5.08. The number of rotatable bonds is 1. The molecule has 1 spiro atoms. The first-order valence-electron chi connectivity index (χ1n) is 8.32. The molecule has 28 heavy (non-hydrogen) atoms. The molecule has 138 valence electrons. The SMILES string of the molecule is O=Cc1c(O)ccc2c1Oc1cc(O)c(Cl)cc1C21OC(=O)c2ccccc21. The van der Waals surface area contributed by atoms with E-state index in [-0.39, 0.29) is 33.6 Å². The maximum atomic E-state index is 12.7. The third-order valence-corrected chi connectivity index (χ3v) is 5.39. The molecule has 5 rings (SSSR count). The number of carbonyl (C=O) groups excluding carboxylic acids is 2. The summed E-state index contributed by atoms with van der Waals surface area (Å²) in [6.45, 7) is 0. The van der Waals surface area contributed by atoms with Gasteiger partial charge < -0.3 is 19.7 Å². The van der Waals surface area contributed by atoms with Crippen molar-refractivity contribution >= 4 is 23.9 Å². The number of aldehydes is 1. The molecule has 0 fully saturated rings. The van der Waals surface area contributed by atoms with Crippen molar-refractivity contribution in [1.82, 2.24) is 0 Å². The lowest BCUT2D eigenvalue weighted by molar-refractivity contribution is 0.0224. The van der Waals surface area contributed by atoms with Gasteiger partial charge in [0, 0.05) is 22.8 Å². The minimum absolute atomic E-state index is 0.0497. The number of phenolic OH excluding ortho intramolecular Hbond substituents is 2. The van der Waals surface area contributed by atoms with Gasteiger partial charge in [0.25, 0.3) is 0 Å². The maximum absolute atomic E-state index is 12.7. The molecule has 3 aromatic rings. The summed E-state index contributed by atoms with van der Waals surface area (Å²) in [5, 5.41) is 20.2. The van der Waals surface area contributed by atoms with Crippen LogP contribution in [-0.4, -0.2) is 22.5 Å². The van der Waals surface area contributed by atoms with E-state index in [1.807, 2.05) is 0 Å². The molecule has 0 aliphatic carbocycles. The largest absolute Gasteiger partial charge is 0.507 e. The Morgan fingerprint density at radius 1 is 0.964 bits per heavy atom. The van der Waals surface area contributed by atoms with Crippen molar-refractivity contribution in [3.8, 4) is 23.0 Å². The van der Waals surface area contributed by atoms with Crippen LogP contribution in [0.2, 0.25) is 5.02 Å². The van der Waals surface area contributed by atoms with Gasteiger partial charge in [0.05, 0.1) is 16.1 Å². The van der Waals surface area contributed by atoms with Crippen LogP contribution in [0, 0.1) is 0 Å². The minimum atomic E-state index is -1.43. The van der Waals surface area contributed by atoms with Gasteiger partial charge in [-0.25, -0.2) is 4.79 Å². The predicted octanol–water partition coefficient (Wildman–Crippen LogP) is 4.13. The molecule has 2 N–H and O–H groups in total. The Morgan fingerprint density at radius 3 is 2.54 bits per heavy atom. The summed E-state index contributed by atoms with van der Waals surface area (Å²) in [6, 6.07) is 12.5. The van der Waals surface area contributed by atoms with E-state index < -0.39 is 11.6 Å². The van der Waals surface area contributed by atoms with Crippen LogP contribution in [0.15, 0.2) is 48.5 Å². The van der Waals surface area contributed by atoms with Gasteiger partial charge in [-0.05, 0) is 24.3 Å². The van der Waals surface area contributed by atoms with Crippen molar-refractivity contribution in [2.75, 3.05) is 0 Å². The minimum Gasteiger partial charge on any atom is -0.507 e. The van der Waals surface area contributed by atoms with Gasteiger partial charge in [-0.2, -0.15) is 0 Å². The van der Waals surface area contributed by atoms with Crippen LogP contribution in [0.5, 0.6) is 23.0 Å². The molecule has 0 saturated heterocycles. The van der Waals surface area contributed by atoms with Crippen LogP contribution in [0.25, 0.3) is 0 Å². The van der Waals surface area contributed by atoms with Crippen molar-refractivity contribution in [1.29, 1.82) is 0 Å². The Balaban J connectivity index is 1.95. The third kappa shape index (κ3) is 1.92. The van der Waals surface area contributed by atoms with E-state index in [2.05, 4.69) is 0 Å². The first-order chi connectivity index (χ1) is 13.5. The summed E-state index contributed by atoms with van der Waals surface area (Å²) in [7, 11) is 0. The van der Waals surface area contributed by atoms with E-state index in [9.17, 15) is 19.8 Å². The van der Waals surface area contributed by atoms with Crippen molar-refractivity contribution < 1.29 is 29.3 Å². The number of aromatic hydroxyl groups is 2. The lowest BCUT2D eigenvalue weighted by Gasteiger charge is -2.37. The van der Waals surface area contributed by atoms with E-state index in [0.717, 1.165) is 0 Å². The van der Waals surface area contributed by atoms with Crippen LogP contribution < -0.4 is 4.74 Å². The van der Waals surface area contributed by atoms with E-state index in [0.29, 0.717) is 28.5 Å². The molecule has 2 aliphatic heterocycles. The number of phenols is 2. The molecule has 2 aliphatic rings. The highest BCUT2D eigenvalue weighted by Crippen LogP contribution is 2.58. The number of hydrogen-bond donors (Lipinski definition) is 2. The monoisotopic (exact) mass is 394 g/mol. The Morgan fingerprint density at radius 2 is 1.75 bits per heavy atom. The molecule has 2 heterocycles. The molecular weight excluding hydrogens is 384 g/mol. The maximum Gasteiger partial charge on any atom is 0.340 e. The second kappa shape index (κ2) is 5.50. The molecule has 6 nitrogen and oxygen atoms in total. The smallest absolute Gasteiger partial charge is 0.340 e. The molecule has 3 aromatic carbocycles. The number of carbonyl (C=O) groups is 2. The highest BCUT2D eigenvalue weighted by Gasteiger charge is 2.54. The van der Waals surface area contributed by atoms with Crippen LogP contribution in [0.1, 0.15) is 37.4 Å². The van der Waals surface area contributed by atoms with Crippen molar-refractivity contribution in [3.05, 3.63) is 81.4 Å². The molecule has 7 heteroatoms. The predicted molar refractivity (Wildman–Crippen MR) is 98.4 cm³/mol. The van der Waals surface area contributed by atoms with Gasteiger partial charge in [0.15, 0.2) is 11.9 Å². The Labute approximate surface area is 163 Å². The summed E-state index contributed by atoms with van der Waals surface area (Å²) in [5.41, 5.74) is 0.182. The lowest BCUT2D eigenvalue weighted by atomic mass is 9.77. The van der Waals surface area contributed by atoms with Crippen LogP contribution in [0.4, 0.5) is 0 Å². The average molecular weight is 395 g/mol. The lowest BCUT2D eigenvalue weighted by Crippen LogP contribution is -2.33. The van der Waals surface area contributed by atoms with Gasteiger partial charge in [0.1, 0.15) is 23.0 Å². The van der Waals surface area contributed by atoms with Gasteiger partial charge in [-0.15, -0.1) is 0 Å². The van der Waals surface area contributed by atoms with E-state index in [4.69, 9.17) is 21.1 Å². The topological polar surface area (TPSA) is 93.1 Å². The number of esters is 1. The quantitative estimate of drug-likeness (QED) is 0.476. The summed E-state index contributed by atoms with van der Waals surface area (Å²) < 4.78 is 11.7. The fourth-order valence-corrected chi connectivity index (χ4v) is 4.03. The number of fused-ring (bicyclic) bond motifs is 6. The van der Waals surface area contributed by atoms with Crippen molar-refractivity contribution in [2.45, 2.75) is 5.60 Å². The fraction of sp³-hybridized carbons (Fsp3) is 0.0476. The number of halogens is 1. The molecular formula is C21H11ClO6. The average Bonchev–Trinajstić information content (AvgIpc) is 2.97. The Hall–Kier alpha value is -3.51. The molecule has 0 amide bonds. The number of hydrogen-bond acceptors (Lipinski definition) is 6. The second-order valence-electron chi connectivity index (χ2n) is 6.51. The van der Waals surface area contributed by atoms with Gasteiger partial charge in [0.2, 0.25) is 0 Å². The van der Waals surface area contributed by atoms with Crippen molar-refractivity contribution in [3.63, 3.8) is 0 Å².